The molecule has 2 aliphatic carbocycles. The zero-order chi connectivity index (χ0) is 14.9. The van der Waals surface area contributed by atoms with Crippen LogP contribution in [0.3, 0.4) is 0 Å². The second-order valence-corrected chi connectivity index (χ2v) is 4.89. The molecule has 2 rings (SSSR count). The summed E-state index contributed by atoms with van der Waals surface area (Å²) in [6.45, 7) is 3.11. The van der Waals surface area contributed by atoms with Crippen LogP contribution in [0.25, 0.3) is 0 Å². The van der Waals surface area contributed by atoms with Crippen molar-refractivity contribution in [2.45, 2.75) is 13.8 Å². The van der Waals surface area contributed by atoms with E-state index in [0.29, 0.717) is 11.1 Å². The van der Waals surface area contributed by atoms with Crippen molar-refractivity contribution in [3.05, 3.63) is 47.6 Å². The smallest absolute Gasteiger partial charge is 0.173 e. The molecule has 0 saturated carbocycles. The van der Waals surface area contributed by atoms with Crippen molar-refractivity contribution in [3.8, 4) is 0 Å². The van der Waals surface area contributed by atoms with Gasteiger partial charge in [-0.05, 0) is 38.2 Å². The Morgan fingerprint density at radius 1 is 0.700 bits per heavy atom. The molecule has 0 radical (unpaired) electrons. The predicted molar refractivity (Wildman–Crippen MR) is 72.8 cm³/mol. The summed E-state index contributed by atoms with van der Waals surface area (Å²) in [5.41, 5.74) is 0.769. The fourth-order valence-electron chi connectivity index (χ4n) is 2.01. The van der Waals surface area contributed by atoms with E-state index in [1.165, 1.54) is 36.5 Å². The number of rotatable bonds is 1. The molecule has 0 aliphatic heterocycles. The largest absolute Gasteiger partial charge is 0.294 e. The first-order chi connectivity index (χ1) is 9.41. The molecule has 0 heterocycles. The number of allylic oxidation sites excluding steroid dienone is 8. The Hall–Kier alpha value is -2.36. The van der Waals surface area contributed by atoms with Crippen molar-refractivity contribution in [3.63, 3.8) is 0 Å². The number of Topliss-reactive ketones (excluding diaryl/α,β-unsaturated/α-hetero) is 2. The van der Waals surface area contributed by atoms with Gasteiger partial charge in [-0.25, -0.2) is 0 Å². The van der Waals surface area contributed by atoms with Crippen LogP contribution < -0.4 is 0 Å². The maximum Gasteiger partial charge on any atom is 0.173 e. The van der Waals surface area contributed by atoms with Crippen LogP contribution in [0.2, 0.25) is 0 Å². The second-order valence-electron chi connectivity index (χ2n) is 4.89. The molecular weight excluding hydrogens is 256 g/mol. The number of carbonyl (C=O) groups is 4. The molecule has 0 amide bonds. The van der Waals surface area contributed by atoms with Crippen molar-refractivity contribution in [2.75, 3.05) is 0 Å². The van der Waals surface area contributed by atoms with Crippen LogP contribution in [0.5, 0.6) is 0 Å². The Balaban J connectivity index is 2.31. The fourth-order valence-corrected chi connectivity index (χ4v) is 2.01. The molecule has 2 atom stereocenters. The topological polar surface area (TPSA) is 68.3 Å². The minimum Gasteiger partial charge on any atom is -0.294 e. The molecule has 102 valence electrons. The molecule has 0 bridgehead atoms. The van der Waals surface area contributed by atoms with E-state index >= 15 is 0 Å². The van der Waals surface area contributed by atoms with Gasteiger partial charge in [0.15, 0.2) is 23.1 Å². The molecule has 2 unspecified atom stereocenters. The third kappa shape index (κ3) is 2.50. The Morgan fingerprint density at radius 2 is 1.05 bits per heavy atom. The minimum absolute atomic E-state index is 0.215. The quantitative estimate of drug-likeness (QED) is 0.535. The van der Waals surface area contributed by atoms with Gasteiger partial charge in [-0.2, -0.15) is 0 Å². The second kappa shape index (κ2) is 5.33. The van der Waals surface area contributed by atoms with E-state index in [2.05, 4.69) is 0 Å². The van der Waals surface area contributed by atoms with Crippen LogP contribution in [0, 0.1) is 11.8 Å². The van der Waals surface area contributed by atoms with Crippen molar-refractivity contribution < 1.29 is 19.2 Å². The van der Waals surface area contributed by atoms with E-state index in [1.54, 1.807) is 13.8 Å². The summed E-state index contributed by atoms with van der Waals surface area (Å²) >= 11 is 0. The molecule has 4 heteroatoms. The molecule has 0 fully saturated rings. The van der Waals surface area contributed by atoms with Gasteiger partial charge >= 0.3 is 0 Å². The Morgan fingerprint density at radius 3 is 1.40 bits per heavy atom. The molecule has 4 nitrogen and oxygen atoms in total. The lowest BCUT2D eigenvalue weighted by Gasteiger charge is -2.13. The van der Waals surface area contributed by atoms with E-state index < -0.39 is 11.8 Å². The van der Waals surface area contributed by atoms with E-state index in [9.17, 15) is 19.2 Å². The predicted octanol–water partition coefficient (Wildman–Crippen LogP) is 1.53. The molecule has 0 spiro atoms. The van der Waals surface area contributed by atoms with Gasteiger partial charge in [-0.1, -0.05) is 12.2 Å². The summed E-state index contributed by atoms with van der Waals surface area (Å²) in [5, 5.41) is 0. The molecule has 0 aromatic heterocycles. The van der Waals surface area contributed by atoms with E-state index in [4.69, 9.17) is 0 Å². The van der Waals surface area contributed by atoms with Gasteiger partial charge in [0, 0.05) is 11.1 Å². The summed E-state index contributed by atoms with van der Waals surface area (Å²) in [4.78, 5) is 46.4. The van der Waals surface area contributed by atoms with Crippen LogP contribution in [-0.2, 0) is 19.2 Å². The summed E-state index contributed by atoms with van der Waals surface area (Å²) in [6.07, 6.45) is 8.66. The molecule has 0 aromatic rings. The molecule has 20 heavy (non-hydrogen) atoms. The monoisotopic (exact) mass is 270 g/mol. The minimum atomic E-state index is -0.678. The Bertz CT molecular complexity index is 573. The third-order valence-corrected chi connectivity index (χ3v) is 3.51. The number of ketones is 4. The van der Waals surface area contributed by atoms with Crippen LogP contribution in [-0.4, -0.2) is 23.1 Å². The lowest BCUT2D eigenvalue weighted by molar-refractivity contribution is -0.129. The van der Waals surface area contributed by atoms with Crippen molar-refractivity contribution in [1.82, 2.24) is 0 Å². The van der Waals surface area contributed by atoms with Gasteiger partial charge in [-0.3, -0.25) is 19.2 Å². The molecule has 2 aliphatic rings. The normalized spacial score (nSPS) is 30.7. The zero-order valence-corrected chi connectivity index (χ0v) is 11.3. The van der Waals surface area contributed by atoms with Crippen molar-refractivity contribution >= 4 is 23.1 Å². The zero-order valence-electron chi connectivity index (χ0n) is 11.3. The number of carbonyl (C=O) groups excluding carboxylic acids is 4. The maximum atomic E-state index is 11.9. The van der Waals surface area contributed by atoms with Crippen LogP contribution >= 0.6 is 0 Å². The highest BCUT2D eigenvalue weighted by atomic mass is 16.2. The number of hydrogen-bond acceptors (Lipinski definition) is 4. The summed E-state index contributed by atoms with van der Waals surface area (Å²) in [5.74, 6) is -2.30. The summed E-state index contributed by atoms with van der Waals surface area (Å²) in [6, 6.07) is 0. The van der Waals surface area contributed by atoms with Crippen LogP contribution in [0.15, 0.2) is 47.6 Å². The first-order valence-electron chi connectivity index (χ1n) is 6.36. The van der Waals surface area contributed by atoms with Crippen molar-refractivity contribution in [1.29, 1.82) is 0 Å². The van der Waals surface area contributed by atoms with Gasteiger partial charge in [0.1, 0.15) is 0 Å². The fraction of sp³-hybridized carbons (Fsp3) is 0.250. The van der Waals surface area contributed by atoms with Gasteiger partial charge in [0.2, 0.25) is 0 Å². The van der Waals surface area contributed by atoms with Gasteiger partial charge < -0.3 is 0 Å². The van der Waals surface area contributed by atoms with Crippen molar-refractivity contribution in [2.24, 2.45) is 11.8 Å². The van der Waals surface area contributed by atoms with Crippen LogP contribution in [0.4, 0.5) is 0 Å². The average Bonchev–Trinajstić information content (AvgIpc) is 2.43. The number of hydrogen-bond donors (Lipinski definition) is 0. The lowest BCUT2D eigenvalue weighted by Crippen LogP contribution is -2.25. The van der Waals surface area contributed by atoms with Gasteiger partial charge in [-0.15, -0.1) is 0 Å². The average molecular weight is 270 g/mol. The highest BCUT2D eigenvalue weighted by Crippen LogP contribution is 2.19. The molecule has 0 N–H and O–H groups in total. The Labute approximate surface area is 116 Å². The SMILES string of the molecule is CC1C(=O)C=CC(=CC=C2C=CC(=O)C(C)C2=O)C1=O. The Kier molecular flexibility index (Phi) is 3.74. The summed E-state index contributed by atoms with van der Waals surface area (Å²) < 4.78 is 0. The molecule has 0 saturated heterocycles. The van der Waals surface area contributed by atoms with Crippen LogP contribution in [0.1, 0.15) is 13.8 Å². The highest BCUT2D eigenvalue weighted by molar-refractivity contribution is 6.19. The van der Waals surface area contributed by atoms with E-state index in [0.717, 1.165) is 0 Å². The highest BCUT2D eigenvalue weighted by Gasteiger charge is 2.27. The standard InChI is InChI=1S/C16H14O4/c1-9-13(17)7-5-11(15(9)19)3-4-12-6-8-14(18)10(2)16(12)20/h3-10H,1-2H3. The summed E-state index contributed by atoms with van der Waals surface area (Å²) in [7, 11) is 0. The van der Waals surface area contributed by atoms with E-state index in [1.807, 2.05) is 0 Å². The molecular formula is C16H14O4. The third-order valence-electron chi connectivity index (χ3n) is 3.51. The van der Waals surface area contributed by atoms with E-state index in [-0.39, 0.29) is 23.1 Å². The molecule has 0 aromatic carbocycles. The van der Waals surface area contributed by atoms with Gasteiger partial charge in [0.05, 0.1) is 11.8 Å². The first-order valence-corrected chi connectivity index (χ1v) is 6.36. The van der Waals surface area contributed by atoms with Gasteiger partial charge in [0.25, 0.3) is 0 Å². The maximum absolute atomic E-state index is 11.9. The lowest BCUT2D eigenvalue weighted by atomic mass is 9.87. The first kappa shape index (κ1) is 14.1.